The van der Waals surface area contributed by atoms with Crippen LogP contribution in [0.15, 0.2) is 30.3 Å². The minimum atomic E-state index is -1.11. The van der Waals surface area contributed by atoms with E-state index in [4.69, 9.17) is 10.5 Å². The number of carbonyl (C=O) groups is 6. The highest BCUT2D eigenvalue weighted by Crippen LogP contribution is 2.65. The fourth-order valence-electron chi connectivity index (χ4n) is 7.46. The molecule has 0 bridgehead atoms. The van der Waals surface area contributed by atoms with E-state index in [0.29, 0.717) is 13.0 Å². The van der Waals surface area contributed by atoms with Crippen molar-refractivity contribution in [2.45, 2.75) is 111 Å². The SMILES string of the molecule is CC(C)[C@H](NC(=O)N[C@H](C(=O)N1C[C@H]2[C@@H]([C@H]1C(=O)NC(CC1CC1)C(=O)C(N)=O)C2(C)C)C(C)(C)C)C(=O)OC(c1ccccc1)C1CC1. The fourth-order valence-corrected chi connectivity index (χ4v) is 7.46. The summed E-state index contributed by atoms with van der Waals surface area (Å²) in [6, 6.07) is 4.92. The minimum absolute atomic E-state index is 0.0551. The summed E-state index contributed by atoms with van der Waals surface area (Å²) >= 11 is 0. The van der Waals surface area contributed by atoms with Gasteiger partial charge in [-0.25, -0.2) is 9.59 Å². The zero-order chi connectivity index (χ0) is 36.0. The van der Waals surface area contributed by atoms with E-state index in [2.05, 4.69) is 16.0 Å². The first-order valence-electron chi connectivity index (χ1n) is 17.7. The number of carbonyl (C=O) groups excluding carboxylic acids is 6. The molecule has 1 aliphatic heterocycles. The molecular weight excluding hydrogens is 626 g/mol. The zero-order valence-electron chi connectivity index (χ0n) is 29.8. The Hall–Kier alpha value is -3.96. The summed E-state index contributed by atoms with van der Waals surface area (Å²) in [5.41, 5.74) is 5.24. The normalized spacial score (nSPS) is 24.9. The van der Waals surface area contributed by atoms with Crippen molar-refractivity contribution in [3.05, 3.63) is 35.9 Å². The van der Waals surface area contributed by atoms with E-state index in [1.807, 2.05) is 78.8 Å². The van der Waals surface area contributed by atoms with E-state index >= 15 is 0 Å². The Morgan fingerprint density at radius 2 is 1.59 bits per heavy atom. The van der Waals surface area contributed by atoms with E-state index in [1.54, 1.807) is 0 Å². The van der Waals surface area contributed by atoms with E-state index < -0.39 is 71.2 Å². The second kappa shape index (κ2) is 13.7. The number of esters is 1. The summed E-state index contributed by atoms with van der Waals surface area (Å²) in [7, 11) is 0. The molecule has 0 spiro atoms. The third kappa shape index (κ3) is 8.10. The number of rotatable bonds is 14. The molecule has 2 unspecified atom stereocenters. The van der Waals surface area contributed by atoms with Crippen LogP contribution in [0.4, 0.5) is 4.79 Å². The molecule has 3 aliphatic carbocycles. The van der Waals surface area contributed by atoms with Gasteiger partial charge in [0.1, 0.15) is 24.2 Å². The first-order chi connectivity index (χ1) is 22.9. The van der Waals surface area contributed by atoms with Crippen LogP contribution in [-0.4, -0.2) is 71.1 Å². The average molecular weight is 680 g/mol. The largest absolute Gasteiger partial charge is 0.456 e. The molecule has 1 saturated heterocycles. The van der Waals surface area contributed by atoms with Crippen LogP contribution < -0.4 is 21.7 Å². The summed E-state index contributed by atoms with van der Waals surface area (Å²) in [6.45, 7) is 13.5. The Bertz CT molecular complexity index is 1460. The molecule has 1 aromatic rings. The van der Waals surface area contributed by atoms with Crippen molar-refractivity contribution in [2.24, 2.45) is 46.2 Å². The van der Waals surface area contributed by atoms with Gasteiger partial charge in [0.25, 0.3) is 5.91 Å². The molecule has 5 N–H and O–H groups in total. The van der Waals surface area contributed by atoms with Gasteiger partial charge in [-0.15, -0.1) is 0 Å². The van der Waals surface area contributed by atoms with Crippen molar-refractivity contribution in [3.8, 4) is 0 Å². The van der Waals surface area contributed by atoms with Crippen molar-refractivity contribution in [1.29, 1.82) is 0 Å². The number of ether oxygens (including phenoxy) is 1. The number of amides is 5. The molecule has 3 saturated carbocycles. The highest BCUT2D eigenvalue weighted by molar-refractivity contribution is 6.37. The standard InChI is InChI=1S/C37H53N5O7/c1-19(2)26(34(47)49-29(22-15-16-22)21-11-9-8-10-12-21)40-35(48)41-30(36(3,4)5)33(46)42-18-23-25(37(23,6)7)27(42)32(45)39-24(17-20-13-14-20)28(43)31(38)44/h8-12,19-20,22-27,29-30H,13-18H2,1-7H3,(H2,38,44)(H,39,45)(H2,40,41,48)/t23-,24?,25-,26-,27-,29?,30+/m0/s1. The van der Waals surface area contributed by atoms with Gasteiger partial charge in [0.05, 0.1) is 6.04 Å². The number of fused-ring (bicyclic) bond motifs is 1. The number of likely N-dealkylation sites (tertiary alicyclic amines) is 1. The van der Waals surface area contributed by atoms with Gasteiger partial charge in [0.15, 0.2) is 0 Å². The first-order valence-corrected chi connectivity index (χ1v) is 17.7. The lowest BCUT2D eigenvalue weighted by molar-refractivity contribution is -0.154. The van der Waals surface area contributed by atoms with E-state index in [-0.39, 0.29) is 35.0 Å². The number of nitrogens with two attached hydrogens (primary N) is 1. The monoisotopic (exact) mass is 679 g/mol. The summed E-state index contributed by atoms with van der Waals surface area (Å²) in [4.78, 5) is 81.2. The summed E-state index contributed by atoms with van der Waals surface area (Å²) in [5.74, 6) is -3.38. The zero-order valence-corrected chi connectivity index (χ0v) is 29.8. The quantitative estimate of drug-likeness (QED) is 0.172. The third-order valence-corrected chi connectivity index (χ3v) is 10.9. The van der Waals surface area contributed by atoms with Gasteiger partial charge in [0.2, 0.25) is 17.6 Å². The first kappa shape index (κ1) is 36.3. The van der Waals surface area contributed by atoms with Gasteiger partial charge in [-0.2, -0.15) is 0 Å². The number of hydrogen-bond acceptors (Lipinski definition) is 7. The average Bonchev–Trinajstić information content (AvgIpc) is 3.98. The third-order valence-electron chi connectivity index (χ3n) is 10.9. The smallest absolute Gasteiger partial charge is 0.329 e. The molecule has 7 atom stereocenters. The van der Waals surface area contributed by atoms with Gasteiger partial charge in [0, 0.05) is 12.5 Å². The molecule has 12 heteroatoms. The minimum Gasteiger partial charge on any atom is -0.456 e. The lowest BCUT2D eigenvalue weighted by Gasteiger charge is -2.38. The molecule has 0 aromatic heterocycles. The fraction of sp³-hybridized carbons (Fsp3) is 0.676. The van der Waals surface area contributed by atoms with Gasteiger partial charge in [-0.05, 0) is 59.3 Å². The molecule has 12 nitrogen and oxygen atoms in total. The number of hydrogen-bond donors (Lipinski definition) is 4. The molecule has 49 heavy (non-hydrogen) atoms. The molecule has 0 radical (unpaired) electrons. The van der Waals surface area contributed by atoms with Crippen molar-refractivity contribution < 1.29 is 33.5 Å². The lowest BCUT2D eigenvalue weighted by atomic mass is 9.85. The van der Waals surface area contributed by atoms with Crippen molar-refractivity contribution in [1.82, 2.24) is 20.9 Å². The number of urea groups is 1. The van der Waals surface area contributed by atoms with Gasteiger partial charge < -0.3 is 31.3 Å². The number of piperidine rings is 1. The predicted molar refractivity (Wildman–Crippen MR) is 181 cm³/mol. The Labute approximate surface area is 289 Å². The second-order valence-corrected chi connectivity index (χ2v) is 16.6. The molecule has 5 amide bonds. The Morgan fingerprint density at radius 1 is 0.959 bits per heavy atom. The Balaban J connectivity index is 1.30. The maximum atomic E-state index is 14.3. The molecule has 4 fully saturated rings. The number of nitrogens with one attached hydrogen (secondary N) is 3. The van der Waals surface area contributed by atoms with Crippen LogP contribution in [0.1, 0.15) is 92.2 Å². The van der Waals surface area contributed by atoms with Gasteiger partial charge in [-0.1, -0.05) is 91.6 Å². The molecular formula is C37H53N5O7. The molecule has 268 valence electrons. The van der Waals surface area contributed by atoms with Gasteiger partial charge in [-0.3, -0.25) is 19.2 Å². The summed E-state index contributed by atoms with van der Waals surface area (Å²) in [5, 5.41) is 8.34. The molecule has 1 aromatic carbocycles. The van der Waals surface area contributed by atoms with E-state index in [0.717, 1.165) is 31.2 Å². The van der Waals surface area contributed by atoms with Crippen LogP contribution in [0, 0.1) is 40.4 Å². The number of Topliss-reactive ketones (excluding diaryl/α,β-unsaturated/α-hetero) is 1. The van der Waals surface area contributed by atoms with Crippen LogP contribution in [-0.2, 0) is 28.7 Å². The van der Waals surface area contributed by atoms with Crippen LogP contribution in [0.3, 0.4) is 0 Å². The van der Waals surface area contributed by atoms with Crippen molar-refractivity contribution in [3.63, 3.8) is 0 Å². The summed E-state index contributed by atoms with van der Waals surface area (Å²) in [6.07, 6.45) is 3.66. The summed E-state index contributed by atoms with van der Waals surface area (Å²) < 4.78 is 6.00. The number of ketones is 1. The van der Waals surface area contributed by atoms with E-state index in [1.165, 1.54) is 4.90 Å². The Kier molecular flexibility index (Phi) is 10.2. The highest BCUT2D eigenvalue weighted by atomic mass is 16.5. The van der Waals surface area contributed by atoms with Crippen LogP contribution in [0.2, 0.25) is 0 Å². The molecule has 1 heterocycles. The second-order valence-electron chi connectivity index (χ2n) is 16.6. The number of benzene rings is 1. The number of primary amides is 1. The molecule has 5 rings (SSSR count). The van der Waals surface area contributed by atoms with Gasteiger partial charge >= 0.3 is 12.0 Å². The van der Waals surface area contributed by atoms with Crippen LogP contribution in [0.5, 0.6) is 0 Å². The van der Waals surface area contributed by atoms with Crippen LogP contribution >= 0.6 is 0 Å². The maximum absolute atomic E-state index is 14.3. The van der Waals surface area contributed by atoms with E-state index in [9.17, 15) is 28.8 Å². The molecule has 4 aliphatic rings. The maximum Gasteiger partial charge on any atom is 0.329 e. The highest BCUT2D eigenvalue weighted by Gasteiger charge is 2.70. The lowest BCUT2D eigenvalue weighted by Crippen LogP contribution is -2.62. The van der Waals surface area contributed by atoms with Crippen LogP contribution in [0.25, 0.3) is 0 Å². The number of nitrogens with zero attached hydrogens (tertiary/aromatic N) is 1. The van der Waals surface area contributed by atoms with Crippen molar-refractivity contribution in [2.75, 3.05) is 6.54 Å². The predicted octanol–water partition coefficient (Wildman–Crippen LogP) is 3.24. The topological polar surface area (TPSA) is 177 Å². The van der Waals surface area contributed by atoms with Crippen molar-refractivity contribution >= 4 is 35.5 Å². The Morgan fingerprint density at radius 3 is 2.12 bits per heavy atom.